The summed E-state index contributed by atoms with van der Waals surface area (Å²) in [6.45, 7) is 4.94. The first-order valence-corrected chi connectivity index (χ1v) is 6.68. The van der Waals surface area contributed by atoms with E-state index >= 15 is 0 Å². The van der Waals surface area contributed by atoms with Crippen molar-refractivity contribution in [3.63, 3.8) is 0 Å². The van der Waals surface area contributed by atoms with E-state index in [2.05, 4.69) is 22.2 Å². The number of nitrogens with zero attached hydrogens (tertiary/aromatic N) is 2. The van der Waals surface area contributed by atoms with Crippen LogP contribution in [-0.4, -0.2) is 47.6 Å². The molecule has 1 aromatic heterocycles. The molecule has 0 radical (unpaired) electrons. The van der Waals surface area contributed by atoms with E-state index < -0.39 is 5.97 Å². The van der Waals surface area contributed by atoms with Gasteiger partial charge in [0.1, 0.15) is 5.56 Å². The van der Waals surface area contributed by atoms with E-state index in [-0.39, 0.29) is 5.56 Å². The van der Waals surface area contributed by atoms with E-state index in [4.69, 9.17) is 5.11 Å². The fraction of sp³-hybridized carbons (Fsp3) is 0.571. The van der Waals surface area contributed by atoms with Gasteiger partial charge in [-0.2, -0.15) is 0 Å². The lowest BCUT2D eigenvalue weighted by atomic mass is 9.97. The Kier molecular flexibility index (Phi) is 4.37. The van der Waals surface area contributed by atoms with Crippen LogP contribution in [0.3, 0.4) is 0 Å². The molecule has 1 fully saturated rings. The van der Waals surface area contributed by atoms with E-state index in [1.807, 2.05) is 6.92 Å². The largest absolute Gasteiger partial charge is 0.478 e. The fourth-order valence-corrected chi connectivity index (χ4v) is 2.40. The second-order valence-corrected chi connectivity index (χ2v) is 5.30. The van der Waals surface area contributed by atoms with E-state index in [0.717, 1.165) is 38.2 Å². The van der Waals surface area contributed by atoms with Gasteiger partial charge in [0.2, 0.25) is 0 Å². The smallest absolute Gasteiger partial charge is 0.339 e. The van der Waals surface area contributed by atoms with Gasteiger partial charge in [-0.05, 0) is 51.9 Å². The first-order valence-electron chi connectivity index (χ1n) is 6.68. The normalized spacial score (nSPS) is 17.4. The molecule has 0 aliphatic carbocycles. The number of piperidine rings is 1. The van der Waals surface area contributed by atoms with Gasteiger partial charge >= 0.3 is 5.97 Å². The molecule has 104 valence electrons. The van der Waals surface area contributed by atoms with Crippen molar-refractivity contribution < 1.29 is 9.90 Å². The molecule has 0 atom stereocenters. The van der Waals surface area contributed by atoms with Crippen molar-refractivity contribution in [3.05, 3.63) is 23.5 Å². The van der Waals surface area contributed by atoms with Crippen molar-refractivity contribution in [2.24, 2.45) is 5.92 Å². The number of hydrogen-bond acceptors (Lipinski definition) is 4. The van der Waals surface area contributed by atoms with E-state index in [1.165, 1.54) is 6.20 Å². The van der Waals surface area contributed by atoms with Crippen molar-refractivity contribution in [2.45, 2.75) is 19.8 Å². The minimum absolute atomic E-state index is 0.249. The van der Waals surface area contributed by atoms with E-state index in [0.29, 0.717) is 11.6 Å². The third-order valence-electron chi connectivity index (χ3n) is 3.69. The Morgan fingerprint density at radius 3 is 2.84 bits per heavy atom. The van der Waals surface area contributed by atoms with Gasteiger partial charge in [-0.15, -0.1) is 0 Å². The maximum absolute atomic E-state index is 11.1. The van der Waals surface area contributed by atoms with Crippen molar-refractivity contribution in [2.75, 3.05) is 32.0 Å². The number of aromatic nitrogens is 1. The maximum atomic E-state index is 11.1. The van der Waals surface area contributed by atoms with Gasteiger partial charge in [-0.1, -0.05) is 0 Å². The Hall–Kier alpha value is -1.62. The average molecular weight is 263 g/mol. The second kappa shape index (κ2) is 6.02. The third-order valence-corrected chi connectivity index (χ3v) is 3.69. The number of rotatable bonds is 4. The predicted octanol–water partition coefficient (Wildman–Crippen LogP) is 1.84. The number of aryl methyl sites for hydroxylation is 1. The topological polar surface area (TPSA) is 65.5 Å². The third kappa shape index (κ3) is 3.67. The van der Waals surface area contributed by atoms with Crippen LogP contribution in [0.5, 0.6) is 0 Å². The summed E-state index contributed by atoms with van der Waals surface area (Å²) in [7, 11) is 2.14. The summed E-state index contributed by atoms with van der Waals surface area (Å²) < 4.78 is 0. The van der Waals surface area contributed by atoms with Crippen LogP contribution in [0.25, 0.3) is 0 Å². The Labute approximate surface area is 113 Å². The molecule has 1 aliphatic rings. The zero-order valence-electron chi connectivity index (χ0n) is 11.5. The number of nitrogens with one attached hydrogen (secondary N) is 1. The van der Waals surface area contributed by atoms with Crippen molar-refractivity contribution in [1.82, 2.24) is 9.88 Å². The molecule has 0 bridgehead atoms. The van der Waals surface area contributed by atoms with Gasteiger partial charge in [0, 0.05) is 18.4 Å². The predicted molar refractivity (Wildman–Crippen MR) is 74.6 cm³/mol. The molecule has 0 aromatic carbocycles. The number of hydrogen-bond donors (Lipinski definition) is 2. The summed E-state index contributed by atoms with van der Waals surface area (Å²) in [5.74, 6) is -0.315. The first-order chi connectivity index (χ1) is 9.06. The van der Waals surface area contributed by atoms with Gasteiger partial charge in [0.15, 0.2) is 0 Å². The van der Waals surface area contributed by atoms with Crippen LogP contribution in [0.15, 0.2) is 12.3 Å². The molecule has 0 saturated carbocycles. The van der Waals surface area contributed by atoms with Crippen LogP contribution in [-0.2, 0) is 0 Å². The molecule has 1 aliphatic heterocycles. The van der Waals surface area contributed by atoms with Gasteiger partial charge in [-0.25, -0.2) is 4.79 Å². The summed E-state index contributed by atoms with van der Waals surface area (Å²) in [6.07, 6.45) is 3.75. The summed E-state index contributed by atoms with van der Waals surface area (Å²) in [5.41, 5.74) is 1.76. The molecule has 5 heteroatoms. The first kappa shape index (κ1) is 13.8. The highest BCUT2D eigenvalue weighted by Crippen LogP contribution is 2.20. The zero-order valence-corrected chi connectivity index (χ0v) is 11.5. The maximum Gasteiger partial charge on any atom is 0.339 e. The van der Waals surface area contributed by atoms with Crippen LogP contribution in [0.2, 0.25) is 0 Å². The molecule has 0 unspecified atom stereocenters. The zero-order chi connectivity index (χ0) is 13.8. The van der Waals surface area contributed by atoms with Crippen LogP contribution >= 0.6 is 0 Å². The van der Waals surface area contributed by atoms with E-state index in [1.54, 1.807) is 6.07 Å². The molecule has 19 heavy (non-hydrogen) atoms. The highest BCUT2D eigenvalue weighted by Gasteiger charge is 2.17. The minimum Gasteiger partial charge on any atom is -0.478 e. The number of carboxylic acids is 1. The summed E-state index contributed by atoms with van der Waals surface area (Å²) in [6, 6.07) is 1.80. The summed E-state index contributed by atoms with van der Waals surface area (Å²) in [5, 5.41) is 12.4. The highest BCUT2D eigenvalue weighted by molar-refractivity contribution is 5.93. The number of likely N-dealkylation sites (tertiary alicyclic amines) is 1. The average Bonchev–Trinajstić information content (AvgIpc) is 2.38. The molecule has 5 nitrogen and oxygen atoms in total. The molecular formula is C14H21N3O2. The van der Waals surface area contributed by atoms with Crippen molar-refractivity contribution in [3.8, 4) is 0 Å². The lowest BCUT2D eigenvalue weighted by Crippen LogP contribution is -2.33. The quantitative estimate of drug-likeness (QED) is 0.867. The molecule has 1 saturated heterocycles. The summed E-state index contributed by atoms with van der Waals surface area (Å²) >= 11 is 0. The molecule has 0 amide bonds. The number of carbonyl (C=O) groups is 1. The SMILES string of the molecule is Cc1cc(NCC2CCN(C)CC2)c(C(=O)O)cn1. The molecular weight excluding hydrogens is 242 g/mol. The lowest BCUT2D eigenvalue weighted by Gasteiger charge is -2.29. The number of aromatic carboxylic acids is 1. The molecule has 2 heterocycles. The van der Waals surface area contributed by atoms with Crippen LogP contribution in [0.4, 0.5) is 5.69 Å². The number of anilines is 1. The molecule has 2 rings (SSSR count). The van der Waals surface area contributed by atoms with Gasteiger partial charge in [0.05, 0.1) is 5.69 Å². The monoisotopic (exact) mass is 263 g/mol. The fourth-order valence-electron chi connectivity index (χ4n) is 2.40. The van der Waals surface area contributed by atoms with E-state index in [9.17, 15) is 4.79 Å². The highest BCUT2D eigenvalue weighted by atomic mass is 16.4. The Morgan fingerprint density at radius 1 is 1.53 bits per heavy atom. The Bertz CT molecular complexity index is 454. The van der Waals surface area contributed by atoms with Gasteiger partial charge in [-0.3, -0.25) is 4.98 Å². The van der Waals surface area contributed by atoms with Crippen LogP contribution in [0, 0.1) is 12.8 Å². The standard InChI is InChI=1S/C14H21N3O2/c1-10-7-13(12(9-15-10)14(18)19)16-8-11-3-5-17(2)6-4-11/h7,9,11H,3-6,8H2,1-2H3,(H,15,16)(H,18,19). The lowest BCUT2D eigenvalue weighted by molar-refractivity contribution is 0.0697. The van der Waals surface area contributed by atoms with Crippen molar-refractivity contribution in [1.29, 1.82) is 0 Å². The molecule has 2 N–H and O–H groups in total. The minimum atomic E-state index is -0.932. The summed E-state index contributed by atoms with van der Waals surface area (Å²) in [4.78, 5) is 17.5. The second-order valence-electron chi connectivity index (χ2n) is 5.30. The Balaban J connectivity index is 1.98. The Morgan fingerprint density at radius 2 is 2.21 bits per heavy atom. The van der Waals surface area contributed by atoms with Gasteiger partial charge < -0.3 is 15.3 Å². The van der Waals surface area contributed by atoms with Gasteiger partial charge in [0.25, 0.3) is 0 Å². The molecule has 0 spiro atoms. The van der Waals surface area contributed by atoms with Crippen molar-refractivity contribution >= 4 is 11.7 Å². The molecule has 1 aromatic rings. The number of pyridine rings is 1. The van der Waals surface area contributed by atoms with Crippen LogP contribution in [0.1, 0.15) is 28.9 Å². The van der Waals surface area contributed by atoms with Crippen LogP contribution < -0.4 is 5.32 Å². The number of carboxylic acid groups (broad SMARTS) is 1.